The van der Waals surface area contributed by atoms with Crippen molar-refractivity contribution in [2.75, 3.05) is 26.2 Å². The Labute approximate surface area is 122 Å². The maximum absolute atomic E-state index is 12.0. The van der Waals surface area contributed by atoms with Gasteiger partial charge in [0.25, 0.3) is 0 Å². The summed E-state index contributed by atoms with van der Waals surface area (Å²) in [7, 11) is 0. The van der Waals surface area contributed by atoms with Gasteiger partial charge in [-0.1, -0.05) is 19.3 Å². The second-order valence-electron chi connectivity index (χ2n) is 6.23. The number of halogens is 1. The van der Waals surface area contributed by atoms with Crippen molar-refractivity contribution in [3.63, 3.8) is 0 Å². The topological polar surface area (TPSA) is 44.4 Å². The summed E-state index contributed by atoms with van der Waals surface area (Å²) in [5.74, 6) is 0.240. The van der Waals surface area contributed by atoms with Gasteiger partial charge in [-0.3, -0.25) is 9.69 Å². The highest BCUT2D eigenvalue weighted by atomic mass is 35.5. The van der Waals surface area contributed by atoms with Crippen molar-refractivity contribution in [3.05, 3.63) is 0 Å². The highest BCUT2D eigenvalue weighted by Crippen LogP contribution is 2.34. The van der Waals surface area contributed by atoms with Gasteiger partial charge in [-0.05, 0) is 25.7 Å². The summed E-state index contributed by atoms with van der Waals surface area (Å²) < 4.78 is 0. The van der Waals surface area contributed by atoms with E-state index < -0.39 is 0 Å². The molecule has 0 unspecified atom stereocenters. The fourth-order valence-corrected chi connectivity index (χ4v) is 3.51. The van der Waals surface area contributed by atoms with Gasteiger partial charge in [0.15, 0.2) is 0 Å². The number of hydrogen-bond acceptors (Lipinski definition) is 3. The van der Waals surface area contributed by atoms with Crippen LogP contribution in [0.5, 0.6) is 0 Å². The lowest BCUT2D eigenvalue weighted by Crippen LogP contribution is -2.63. The lowest BCUT2D eigenvalue weighted by molar-refractivity contribution is -0.125. The van der Waals surface area contributed by atoms with E-state index in [9.17, 15) is 4.79 Å². The maximum atomic E-state index is 12.0. The predicted octanol–water partition coefficient (Wildman–Crippen LogP) is 1.29. The van der Waals surface area contributed by atoms with Gasteiger partial charge >= 0.3 is 0 Å². The van der Waals surface area contributed by atoms with E-state index in [2.05, 4.69) is 15.5 Å². The third kappa shape index (κ3) is 3.61. The number of amides is 1. The normalized spacial score (nSPS) is 26.7. The number of piperazine rings is 1. The van der Waals surface area contributed by atoms with E-state index in [0.29, 0.717) is 12.6 Å². The molecule has 1 heterocycles. The highest BCUT2D eigenvalue weighted by Gasteiger charge is 2.40. The molecule has 1 saturated heterocycles. The molecule has 0 aromatic rings. The summed E-state index contributed by atoms with van der Waals surface area (Å²) in [6.45, 7) is 3.73. The standard InChI is InChI=1S/C14H25N3O.ClH/c18-13(16-12-4-5-12)10-17-9-8-15-11-14(17)6-2-1-3-7-14;/h12,15H,1-11H2,(H,16,18);1H. The van der Waals surface area contributed by atoms with Gasteiger partial charge in [0.2, 0.25) is 5.91 Å². The number of carbonyl (C=O) groups excluding carboxylic acids is 1. The molecule has 2 saturated carbocycles. The Hall–Kier alpha value is -0.320. The van der Waals surface area contributed by atoms with Crippen LogP contribution in [-0.2, 0) is 4.79 Å². The Morgan fingerprint density at radius 1 is 1.26 bits per heavy atom. The molecule has 0 aromatic carbocycles. The van der Waals surface area contributed by atoms with Crippen molar-refractivity contribution in [1.82, 2.24) is 15.5 Å². The number of nitrogens with one attached hydrogen (secondary N) is 2. The Bertz CT molecular complexity index is 306. The number of nitrogens with zero attached hydrogens (tertiary/aromatic N) is 1. The Morgan fingerprint density at radius 2 is 2.00 bits per heavy atom. The van der Waals surface area contributed by atoms with Crippen molar-refractivity contribution in [1.29, 1.82) is 0 Å². The zero-order valence-electron chi connectivity index (χ0n) is 11.6. The smallest absolute Gasteiger partial charge is 0.234 e. The summed E-state index contributed by atoms with van der Waals surface area (Å²) in [6.07, 6.45) is 8.89. The monoisotopic (exact) mass is 287 g/mol. The molecule has 1 spiro atoms. The molecule has 0 radical (unpaired) electrons. The van der Waals surface area contributed by atoms with E-state index in [1.165, 1.54) is 44.9 Å². The van der Waals surface area contributed by atoms with Crippen molar-refractivity contribution in [2.24, 2.45) is 0 Å². The number of hydrogen-bond donors (Lipinski definition) is 2. The van der Waals surface area contributed by atoms with E-state index in [1.807, 2.05) is 0 Å². The summed E-state index contributed by atoms with van der Waals surface area (Å²) >= 11 is 0. The zero-order valence-corrected chi connectivity index (χ0v) is 12.4. The van der Waals surface area contributed by atoms with Gasteiger partial charge in [-0.2, -0.15) is 0 Å². The van der Waals surface area contributed by atoms with Gasteiger partial charge < -0.3 is 10.6 Å². The van der Waals surface area contributed by atoms with Crippen LogP contribution in [-0.4, -0.2) is 48.6 Å². The van der Waals surface area contributed by atoms with Gasteiger partial charge in [0, 0.05) is 31.2 Å². The first-order chi connectivity index (χ1) is 8.78. The first kappa shape index (κ1) is 15.1. The van der Waals surface area contributed by atoms with Crippen LogP contribution in [0.1, 0.15) is 44.9 Å². The van der Waals surface area contributed by atoms with E-state index in [0.717, 1.165) is 19.6 Å². The summed E-state index contributed by atoms with van der Waals surface area (Å²) in [6, 6.07) is 0.489. The summed E-state index contributed by atoms with van der Waals surface area (Å²) in [4.78, 5) is 14.5. The fraction of sp³-hybridized carbons (Fsp3) is 0.929. The summed E-state index contributed by atoms with van der Waals surface area (Å²) in [5, 5.41) is 6.65. The van der Waals surface area contributed by atoms with Crippen LogP contribution >= 0.6 is 12.4 Å². The van der Waals surface area contributed by atoms with Crippen LogP contribution in [0.3, 0.4) is 0 Å². The Balaban J connectivity index is 0.00000133. The van der Waals surface area contributed by atoms with Gasteiger partial charge in [0.05, 0.1) is 6.54 Å². The Kier molecular flexibility index (Phi) is 5.09. The van der Waals surface area contributed by atoms with E-state index in [4.69, 9.17) is 0 Å². The molecule has 2 N–H and O–H groups in total. The highest BCUT2D eigenvalue weighted by molar-refractivity contribution is 5.85. The molecular weight excluding hydrogens is 262 g/mol. The van der Waals surface area contributed by atoms with Crippen LogP contribution in [0, 0.1) is 0 Å². The third-order valence-electron chi connectivity index (χ3n) is 4.74. The molecule has 0 atom stereocenters. The molecule has 110 valence electrons. The molecule has 3 aliphatic rings. The van der Waals surface area contributed by atoms with Crippen molar-refractivity contribution in [2.45, 2.75) is 56.5 Å². The Morgan fingerprint density at radius 3 is 2.68 bits per heavy atom. The third-order valence-corrected chi connectivity index (χ3v) is 4.74. The average Bonchev–Trinajstić information content (AvgIpc) is 3.17. The minimum Gasteiger partial charge on any atom is -0.352 e. The van der Waals surface area contributed by atoms with Crippen LogP contribution in [0.15, 0.2) is 0 Å². The quantitative estimate of drug-likeness (QED) is 0.822. The molecule has 4 nitrogen and oxygen atoms in total. The molecule has 3 fully saturated rings. The number of rotatable bonds is 3. The first-order valence-corrected chi connectivity index (χ1v) is 7.54. The minimum absolute atomic E-state index is 0. The van der Waals surface area contributed by atoms with Gasteiger partial charge in [-0.25, -0.2) is 0 Å². The van der Waals surface area contributed by atoms with Crippen LogP contribution in [0.25, 0.3) is 0 Å². The molecule has 1 aliphatic heterocycles. The lowest BCUT2D eigenvalue weighted by atomic mass is 9.79. The van der Waals surface area contributed by atoms with Crippen molar-refractivity contribution < 1.29 is 4.79 Å². The zero-order chi connectivity index (χ0) is 12.4. The second kappa shape index (κ2) is 6.42. The maximum Gasteiger partial charge on any atom is 0.234 e. The van der Waals surface area contributed by atoms with Crippen LogP contribution in [0.4, 0.5) is 0 Å². The largest absolute Gasteiger partial charge is 0.352 e. The molecule has 2 aliphatic carbocycles. The van der Waals surface area contributed by atoms with Gasteiger partial charge in [0.1, 0.15) is 0 Å². The lowest BCUT2D eigenvalue weighted by Gasteiger charge is -2.49. The molecular formula is C14H26ClN3O. The van der Waals surface area contributed by atoms with E-state index >= 15 is 0 Å². The molecule has 0 bridgehead atoms. The van der Waals surface area contributed by atoms with E-state index in [1.54, 1.807) is 0 Å². The van der Waals surface area contributed by atoms with Crippen LogP contribution < -0.4 is 10.6 Å². The molecule has 5 heteroatoms. The molecule has 0 aromatic heterocycles. The van der Waals surface area contributed by atoms with Gasteiger partial charge in [-0.15, -0.1) is 12.4 Å². The molecule has 1 amide bonds. The average molecular weight is 288 g/mol. The fourth-order valence-electron chi connectivity index (χ4n) is 3.51. The molecule has 3 rings (SSSR count). The predicted molar refractivity (Wildman–Crippen MR) is 78.7 cm³/mol. The second-order valence-corrected chi connectivity index (χ2v) is 6.23. The SMILES string of the molecule is Cl.O=C(CN1CCNCC12CCCCC2)NC1CC1. The van der Waals surface area contributed by atoms with E-state index in [-0.39, 0.29) is 23.9 Å². The van der Waals surface area contributed by atoms with Crippen LogP contribution in [0.2, 0.25) is 0 Å². The summed E-state index contributed by atoms with van der Waals surface area (Å²) in [5.41, 5.74) is 0.275. The van der Waals surface area contributed by atoms with Crippen molar-refractivity contribution in [3.8, 4) is 0 Å². The minimum atomic E-state index is 0. The number of carbonyl (C=O) groups is 1. The molecule has 19 heavy (non-hydrogen) atoms. The first-order valence-electron chi connectivity index (χ1n) is 7.54. The van der Waals surface area contributed by atoms with Crippen molar-refractivity contribution >= 4 is 18.3 Å².